The molecule has 178 valence electrons. The largest absolute Gasteiger partial charge is 0.490 e. The lowest BCUT2D eigenvalue weighted by atomic mass is 9.71. The predicted molar refractivity (Wildman–Crippen MR) is 130 cm³/mol. The lowest BCUT2D eigenvalue weighted by molar-refractivity contribution is 0.209. The molecule has 0 spiro atoms. The molecule has 1 aromatic carbocycles. The van der Waals surface area contributed by atoms with E-state index in [0.717, 1.165) is 31.1 Å². The van der Waals surface area contributed by atoms with Crippen molar-refractivity contribution in [3.05, 3.63) is 53.1 Å². The van der Waals surface area contributed by atoms with Gasteiger partial charge < -0.3 is 4.74 Å². The topological polar surface area (TPSA) is 9.23 Å². The summed E-state index contributed by atoms with van der Waals surface area (Å²) >= 11 is 0. The molecule has 0 heterocycles. The quantitative estimate of drug-likeness (QED) is 0.244. The third-order valence-electron chi connectivity index (χ3n) is 7.47. The summed E-state index contributed by atoms with van der Waals surface area (Å²) in [5, 5.41) is 0. The molecule has 0 N–H and O–H groups in total. The van der Waals surface area contributed by atoms with Crippen molar-refractivity contribution in [1.29, 1.82) is 0 Å². The molecule has 0 aromatic heterocycles. The molecule has 0 bridgehead atoms. The fourth-order valence-electron chi connectivity index (χ4n) is 5.42. The van der Waals surface area contributed by atoms with Crippen molar-refractivity contribution in [2.45, 2.75) is 97.3 Å². The van der Waals surface area contributed by atoms with Crippen LogP contribution in [0.1, 0.15) is 96.5 Å². The van der Waals surface area contributed by atoms with Crippen LogP contribution in [-0.2, 0) is 6.42 Å². The second-order valence-electron chi connectivity index (χ2n) is 9.84. The van der Waals surface area contributed by atoms with Gasteiger partial charge in [-0.2, -0.15) is 4.39 Å². The van der Waals surface area contributed by atoms with E-state index >= 15 is 0 Å². The molecule has 1 fully saturated rings. The number of unbranched alkanes of at least 4 members (excludes halogenated alkanes) is 1. The Hall–Kier alpha value is -1.64. The number of ether oxygens (including phenoxy) is 1. The molecule has 2 aliphatic rings. The molecule has 1 aromatic rings. The Kier molecular flexibility index (Phi) is 10.3. The van der Waals surface area contributed by atoms with Crippen molar-refractivity contribution < 1.29 is 13.5 Å². The maximum atomic E-state index is 14.4. The molecular weight excluding hydrogens is 402 g/mol. The predicted octanol–water partition coefficient (Wildman–Crippen LogP) is 8.97. The Morgan fingerprint density at radius 2 is 1.75 bits per heavy atom. The van der Waals surface area contributed by atoms with Gasteiger partial charge in [0.1, 0.15) is 0 Å². The van der Waals surface area contributed by atoms with Crippen LogP contribution in [0.15, 0.2) is 35.9 Å². The highest BCUT2D eigenvalue weighted by Gasteiger charge is 2.27. The van der Waals surface area contributed by atoms with Crippen LogP contribution in [-0.4, -0.2) is 6.61 Å². The zero-order valence-electron chi connectivity index (χ0n) is 20.2. The number of halogens is 2. The molecular formula is C29H42F2O. The van der Waals surface area contributed by atoms with Crippen molar-refractivity contribution in [3.63, 3.8) is 0 Å². The van der Waals surface area contributed by atoms with Crippen LogP contribution in [0.3, 0.4) is 0 Å². The van der Waals surface area contributed by atoms with Gasteiger partial charge in [0.25, 0.3) is 0 Å². The summed E-state index contributed by atoms with van der Waals surface area (Å²) in [4.78, 5) is 0. The van der Waals surface area contributed by atoms with Gasteiger partial charge in [-0.25, -0.2) is 4.39 Å². The van der Waals surface area contributed by atoms with Crippen molar-refractivity contribution in [2.75, 3.05) is 6.61 Å². The lowest BCUT2D eigenvalue weighted by Gasteiger charge is -2.34. The molecule has 0 amide bonds. The van der Waals surface area contributed by atoms with Gasteiger partial charge >= 0.3 is 0 Å². The molecule has 0 aliphatic heterocycles. The van der Waals surface area contributed by atoms with E-state index < -0.39 is 11.6 Å². The molecule has 1 atom stereocenters. The fraction of sp³-hybridized carbons (Fsp3) is 0.655. The van der Waals surface area contributed by atoms with E-state index in [1.165, 1.54) is 57.8 Å². The van der Waals surface area contributed by atoms with Gasteiger partial charge in [-0.05, 0) is 100 Å². The Labute approximate surface area is 194 Å². The minimum Gasteiger partial charge on any atom is -0.490 e. The second kappa shape index (κ2) is 13.2. The highest BCUT2D eigenvalue weighted by molar-refractivity contribution is 5.31. The summed E-state index contributed by atoms with van der Waals surface area (Å²) in [6, 6.07) is 3.24. The maximum Gasteiger partial charge on any atom is 0.200 e. The van der Waals surface area contributed by atoms with Crippen LogP contribution in [0.2, 0.25) is 0 Å². The molecule has 1 unspecified atom stereocenters. The van der Waals surface area contributed by atoms with Crippen molar-refractivity contribution in [3.8, 4) is 5.75 Å². The number of allylic oxidation sites excluding steroid dienone is 4. The van der Waals surface area contributed by atoms with E-state index in [4.69, 9.17) is 4.74 Å². The first-order valence-electron chi connectivity index (χ1n) is 13.1. The van der Waals surface area contributed by atoms with Crippen LogP contribution < -0.4 is 4.74 Å². The minimum absolute atomic E-state index is 0.0297. The number of hydrogen-bond donors (Lipinski definition) is 0. The Morgan fingerprint density at radius 3 is 2.44 bits per heavy atom. The molecule has 3 rings (SSSR count). The van der Waals surface area contributed by atoms with Crippen LogP contribution in [0.25, 0.3) is 0 Å². The van der Waals surface area contributed by atoms with Gasteiger partial charge in [-0.1, -0.05) is 56.6 Å². The van der Waals surface area contributed by atoms with Gasteiger partial charge in [0.15, 0.2) is 11.6 Å². The number of aryl methyl sites for hydroxylation is 1. The van der Waals surface area contributed by atoms with E-state index in [0.29, 0.717) is 24.5 Å². The smallest absolute Gasteiger partial charge is 0.200 e. The van der Waals surface area contributed by atoms with Crippen molar-refractivity contribution in [1.82, 2.24) is 0 Å². The standard InChI is InChI=1S/C29H42F2O/c1-3-5-21-32-27-20-19-26(28(30)29(27)31)10-7-6-9-23-13-17-25(18-14-23)24-15-11-22(8-4-2)12-16-24/h6,9,11,19-20,23-25H,3-5,7-8,10,12-18,21H2,1-2H3. The monoisotopic (exact) mass is 444 g/mol. The van der Waals surface area contributed by atoms with E-state index in [2.05, 4.69) is 25.2 Å². The Bertz CT molecular complexity index is 759. The summed E-state index contributed by atoms with van der Waals surface area (Å²) in [5.41, 5.74) is 2.13. The molecule has 32 heavy (non-hydrogen) atoms. The molecule has 1 nitrogen and oxygen atoms in total. The van der Waals surface area contributed by atoms with Crippen LogP contribution in [0.4, 0.5) is 8.78 Å². The lowest BCUT2D eigenvalue weighted by Crippen LogP contribution is -2.22. The zero-order chi connectivity index (χ0) is 22.8. The molecule has 1 saturated carbocycles. The SMILES string of the molecule is CCCCOc1ccc(CCC=CC2CCC(C3CC=C(CCC)CC3)CC2)c(F)c1F. The summed E-state index contributed by atoms with van der Waals surface area (Å²) in [7, 11) is 0. The van der Waals surface area contributed by atoms with Gasteiger partial charge in [0.05, 0.1) is 6.61 Å². The summed E-state index contributed by atoms with van der Waals surface area (Å²) in [5.74, 6) is 0.873. The second-order valence-corrected chi connectivity index (χ2v) is 9.84. The Balaban J connectivity index is 1.39. The maximum absolute atomic E-state index is 14.4. The van der Waals surface area contributed by atoms with Gasteiger partial charge in [-0.15, -0.1) is 0 Å². The molecule has 0 saturated heterocycles. The van der Waals surface area contributed by atoms with Crippen LogP contribution >= 0.6 is 0 Å². The first-order valence-corrected chi connectivity index (χ1v) is 13.1. The summed E-state index contributed by atoms with van der Waals surface area (Å²) < 4.78 is 33.9. The fourth-order valence-corrected chi connectivity index (χ4v) is 5.42. The number of rotatable bonds is 11. The highest BCUT2D eigenvalue weighted by Crippen LogP contribution is 2.40. The highest BCUT2D eigenvalue weighted by atomic mass is 19.2. The van der Waals surface area contributed by atoms with Crippen LogP contribution in [0.5, 0.6) is 5.75 Å². The first-order chi connectivity index (χ1) is 15.6. The number of hydrogen-bond acceptors (Lipinski definition) is 1. The van der Waals surface area contributed by atoms with Gasteiger partial charge in [0.2, 0.25) is 5.82 Å². The zero-order valence-corrected chi connectivity index (χ0v) is 20.2. The van der Waals surface area contributed by atoms with E-state index in [-0.39, 0.29) is 5.75 Å². The van der Waals surface area contributed by atoms with Crippen molar-refractivity contribution >= 4 is 0 Å². The number of benzene rings is 1. The molecule has 0 radical (unpaired) electrons. The third kappa shape index (κ3) is 7.18. The van der Waals surface area contributed by atoms with E-state index in [1.807, 2.05) is 6.92 Å². The molecule has 2 aliphatic carbocycles. The normalized spacial score (nSPS) is 24.0. The third-order valence-corrected chi connectivity index (χ3v) is 7.47. The average Bonchev–Trinajstić information content (AvgIpc) is 2.82. The average molecular weight is 445 g/mol. The van der Waals surface area contributed by atoms with Gasteiger partial charge in [-0.3, -0.25) is 0 Å². The van der Waals surface area contributed by atoms with Gasteiger partial charge in [0, 0.05) is 0 Å². The first kappa shape index (κ1) is 25.0. The van der Waals surface area contributed by atoms with E-state index in [9.17, 15) is 8.78 Å². The summed E-state index contributed by atoms with van der Waals surface area (Å²) in [6.07, 6.45) is 21.9. The van der Waals surface area contributed by atoms with Crippen LogP contribution in [0, 0.1) is 29.4 Å². The Morgan fingerprint density at radius 1 is 0.938 bits per heavy atom. The van der Waals surface area contributed by atoms with Crippen molar-refractivity contribution in [2.24, 2.45) is 17.8 Å². The summed E-state index contributed by atoms with van der Waals surface area (Å²) in [6.45, 7) is 4.74. The van der Waals surface area contributed by atoms with E-state index in [1.54, 1.807) is 17.7 Å². The molecule has 3 heteroatoms. The minimum atomic E-state index is -0.847.